The van der Waals surface area contributed by atoms with Crippen molar-refractivity contribution in [3.63, 3.8) is 0 Å². The third-order valence-electron chi connectivity index (χ3n) is 3.53. The van der Waals surface area contributed by atoms with Gasteiger partial charge in [-0.15, -0.1) is 0 Å². The van der Waals surface area contributed by atoms with E-state index in [1.807, 2.05) is 27.7 Å². The number of piperidine rings is 1. The molecular weight excluding hydrogens is 314 g/mol. The van der Waals surface area contributed by atoms with E-state index in [1.54, 1.807) is 17.2 Å². The average molecular weight is 339 g/mol. The zero-order chi connectivity index (χ0) is 17.0. The molecule has 0 aliphatic carbocycles. The first-order valence-electron chi connectivity index (χ1n) is 7.90. The van der Waals surface area contributed by atoms with Gasteiger partial charge in [0.1, 0.15) is 5.60 Å². The van der Waals surface area contributed by atoms with Gasteiger partial charge in [-0.2, -0.15) is 0 Å². The number of nitrogens with zero attached hydrogens (tertiary/aromatic N) is 3. The van der Waals surface area contributed by atoms with Crippen LogP contribution in [0.25, 0.3) is 0 Å². The van der Waals surface area contributed by atoms with Gasteiger partial charge in [-0.3, -0.25) is 4.21 Å². The normalized spacial score (nSPS) is 20.2. The van der Waals surface area contributed by atoms with Gasteiger partial charge in [0.2, 0.25) is 5.16 Å². The monoisotopic (exact) mass is 339 g/mol. The summed E-state index contributed by atoms with van der Waals surface area (Å²) in [5.74, 6) is 0.657. The van der Waals surface area contributed by atoms with E-state index in [0.717, 1.165) is 18.5 Å². The molecule has 1 amide bonds. The Bertz CT molecular complexity index is 586. The van der Waals surface area contributed by atoms with Crippen LogP contribution in [0.15, 0.2) is 17.4 Å². The molecule has 1 aliphatic rings. The summed E-state index contributed by atoms with van der Waals surface area (Å²) < 4.78 is 17.8. The fourth-order valence-corrected chi connectivity index (χ4v) is 3.79. The molecule has 0 N–H and O–H groups in total. The number of hydrogen-bond donors (Lipinski definition) is 0. The summed E-state index contributed by atoms with van der Waals surface area (Å²) in [7, 11) is -1.24. The first kappa shape index (κ1) is 17.8. The molecule has 0 unspecified atom stereocenters. The summed E-state index contributed by atoms with van der Waals surface area (Å²) in [4.78, 5) is 22.2. The summed E-state index contributed by atoms with van der Waals surface area (Å²) in [5.41, 5.74) is 0.310. The SMILES string of the molecule is Cc1ccnc([S@@](=O)C[C@@H]2CCCN(C(=O)OC(C)(C)C)C2)n1. The van der Waals surface area contributed by atoms with Crippen molar-refractivity contribution in [3.05, 3.63) is 18.0 Å². The Labute approximate surface area is 140 Å². The van der Waals surface area contributed by atoms with Crippen molar-refractivity contribution < 1.29 is 13.7 Å². The summed E-state index contributed by atoms with van der Waals surface area (Å²) in [6.07, 6.45) is 3.19. The van der Waals surface area contributed by atoms with Crippen LogP contribution in [0.5, 0.6) is 0 Å². The third-order valence-corrected chi connectivity index (χ3v) is 4.91. The maximum atomic E-state index is 12.4. The standard InChI is InChI=1S/C16H25N3O3S/c1-12-7-8-17-14(18-12)23(21)11-13-6-5-9-19(10-13)15(20)22-16(2,3)4/h7-8,13H,5-6,9-11H2,1-4H3/t13-,23+/m1/s1. The molecule has 128 valence electrons. The number of amides is 1. The highest BCUT2D eigenvalue weighted by atomic mass is 32.2. The minimum Gasteiger partial charge on any atom is -0.444 e. The molecule has 2 rings (SSSR count). The van der Waals surface area contributed by atoms with E-state index in [4.69, 9.17) is 4.74 Å². The Morgan fingerprint density at radius 1 is 1.48 bits per heavy atom. The van der Waals surface area contributed by atoms with E-state index in [0.29, 0.717) is 24.0 Å². The van der Waals surface area contributed by atoms with Crippen LogP contribution < -0.4 is 0 Å². The predicted octanol–water partition coefficient (Wildman–Crippen LogP) is 2.54. The second-order valence-electron chi connectivity index (χ2n) is 6.93. The van der Waals surface area contributed by atoms with Crippen LogP contribution in [0, 0.1) is 12.8 Å². The molecule has 1 aromatic heterocycles. The minimum atomic E-state index is -1.24. The third kappa shape index (κ3) is 5.57. The van der Waals surface area contributed by atoms with E-state index in [9.17, 15) is 9.00 Å². The van der Waals surface area contributed by atoms with Crippen molar-refractivity contribution >= 4 is 16.9 Å². The van der Waals surface area contributed by atoms with E-state index in [-0.39, 0.29) is 12.0 Å². The lowest BCUT2D eigenvalue weighted by atomic mass is 10.0. The Hall–Kier alpha value is -1.50. The molecule has 7 heteroatoms. The lowest BCUT2D eigenvalue weighted by Gasteiger charge is -2.33. The molecule has 0 bridgehead atoms. The fourth-order valence-electron chi connectivity index (χ4n) is 2.52. The molecule has 1 saturated heterocycles. The Kier molecular flexibility index (Phi) is 5.73. The number of carbonyl (C=O) groups is 1. The summed E-state index contributed by atoms with van der Waals surface area (Å²) >= 11 is 0. The van der Waals surface area contributed by atoms with Gasteiger partial charge in [0, 0.05) is 30.7 Å². The van der Waals surface area contributed by atoms with Crippen LogP contribution in [0.1, 0.15) is 39.3 Å². The summed E-state index contributed by atoms with van der Waals surface area (Å²) in [6.45, 7) is 8.70. The van der Waals surface area contributed by atoms with Gasteiger partial charge in [0.05, 0.1) is 10.8 Å². The molecule has 0 spiro atoms. The highest BCUT2D eigenvalue weighted by molar-refractivity contribution is 7.84. The second-order valence-corrected chi connectivity index (χ2v) is 8.32. The van der Waals surface area contributed by atoms with Crippen molar-refractivity contribution in [2.75, 3.05) is 18.8 Å². The van der Waals surface area contributed by atoms with Gasteiger partial charge in [-0.05, 0) is 52.5 Å². The van der Waals surface area contributed by atoms with Crippen molar-refractivity contribution in [1.82, 2.24) is 14.9 Å². The molecule has 23 heavy (non-hydrogen) atoms. The maximum Gasteiger partial charge on any atom is 0.410 e. The Morgan fingerprint density at radius 3 is 2.87 bits per heavy atom. The van der Waals surface area contributed by atoms with Crippen molar-refractivity contribution in [2.45, 2.75) is 51.3 Å². The van der Waals surface area contributed by atoms with Crippen LogP contribution in [-0.2, 0) is 15.5 Å². The molecule has 2 heterocycles. The molecule has 0 aromatic carbocycles. The average Bonchev–Trinajstić information content (AvgIpc) is 2.45. The fraction of sp³-hybridized carbons (Fsp3) is 0.688. The van der Waals surface area contributed by atoms with E-state index < -0.39 is 16.4 Å². The maximum absolute atomic E-state index is 12.4. The molecule has 1 aromatic rings. The number of ether oxygens (including phenoxy) is 1. The van der Waals surface area contributed by atoms with Gasteiger partial charge >= 0.3 is 6.09 Å². The Morgan fingerprint density at radius 2 is 2.22 bits per heavy atom. The molecule has 1 fully saturated rings. The quantitative estimate of drug-likeness (QED) is 0.791. The molecule has 1 aliphatic heterocycles. The van der Waals surface area contributed by atoms with Crippen LogP contribution in [0.4, 0.5) is 4.79 Å². The van der Waals surface area contributed by atoms with E-state index in [2.05, 4.69) is 9.97 Å². The molecule has 0 radical (unpaired) electrons. The summed E-state index contributed by atoms with van der Waals surface area (Å²) in [6, 6.07) is 1.78. The lowest BCUT2D eigenvalue weighted by Crippen LogP contribution is -2.44. The van der Waals surface area contributed by atoms with Crippen molar-refractivity contribution in [1.29, 1.82) is 0 Å². The van der Waals surface area contributed by atoms with Crippen LogP contribution >= 0.6 is 0 Å². The van der Waals surface area contributed by atoms with Crippen molar-refractivity contribution in [3.8, 4) is 0 Å². The highest BCUT2D eigenvalue weighted by Crippen LogP contribution is 2.21. The zero-order valence-corrected chi connectivity index (χ0v) is 15.1. The van der Waals surface area contributed by atoms with Crippen LogP contribution in [-0.4, -0.2) is 49.6 Å². The lowest BCUT2D eigenvalue weighted by molar-refractivity contribution is 0.0176. The smallest absolute Gasteiger partial charge is 0.410 e. The number of rotatable bonds is 3. The van der Waals surface area contributed by atoms with Crippen LogP contribution in [0.3, 0.4) is 0 Å². The van der Waals surface area contributed by atoms with Gasteiger partial charge < -0.3 is 9.64 Å². The van der Waals surface area contributed by atoms with Gasteiger partial charge in [0.25, 0.3) is 0 Å². The molecule has 2 atom stereocenters. The number of carbonyl (C=O) groups excluding carboxylic acids is 1. The largest absolute Gasteiger partial charge is 0.444 e. The Balaban J connectivity index is 1.93. The number of aromatic nitrogens is 2. The minimum absolute atomic E-state index is 0.182. The molecule has 0 saturated carbocycles. The topological polar surface area (TPSA) is 72.4 Å². The van der Waals surface area contributed by atoms with Gasteiger partial charge in [-0.25, -0.2) is 14.8 Å². The van der Waals surface area contributed by atoms with Crippen molar-refractivity contribution in [2.24, 2.45) is 5.92 Å². The van der Waals surface area contributed by atoms with Gasteiger partial charge in [-0.1, -0.05) is 0 Å². The van der Waals surface area contributed by atoms with Crippen LogP contribution in [0.2, 0.25) is 0 Å². The molecular formula is C16H25N3O3S. The predicted molar refractivity (Wildman–Crippen MR) is 88.6 cm³/mol. The summed E-state index contributed by atoms with van der Waals surface area (Å²) in [5, 5.41) is 0.374. The number of likely N-dealkylation sites (tertiary alicyclic amines) is 1. The van der Waals surface area contributed by atoms with E-state index >= 15 is 0 Å². The first-order chi connectivity index (χ1) is 10.7. The highest BCUT2D eigenvalue weighted by Gasteiger charge is 2.29. The van der Waals surface area contributed by atoms with E-state index in [1.165, 1.54) is 0 Å². The first-order valence-corrected chi connectivity index (χ1v) is 9.22. The number of hydrogen-bond acceptors (Lipinski definition) is 5. The second kappa shape index (κ2) is 7.38. The van der Waals surface area contributed by atoms with Gasteiger partial charge in [0.15, 0.2) is 0 Å². The molecule has 6 nitrogen and oxygen atoms in total. The zero-order valence-electron chi connectivity index (χ0n) is 14.2. The number of aryl methyl sites for hydroxylation is 1.